The number of nitrogens with one attached hydrogen (secondary N) is 2. The van der Waals surface area contributed by atoms with Gasteiger partial charge in [0, 0.05) is 24.0 Å². The first-order chi connectivity index (χ1) is 10.6. The molecule has 0 saturated heterocycles. The van der Waals surface area contributed by atoms with Crippen molar-refractivity contribution in [3.8, 4) is 0 Å². The monoisotopic (exact) mass is 342 g/mol. The minimum absolute atomic E-state index is 0.0958. The Kier molecular flexibility index (Phi) is 6.52. The van der Waals surface area contributed by atoms with Crippen molar-refractivity contribution < 1.29 is 9.59 Å². The molecule has 1 aliphatic carbocycles. The maximum absolute atomic E-state index is 12.0. The highest BCUT2D eigenvalue weighted by Crippen LogP contribution is 2.23. The summed E-state index contributed by atoms with van der Waals surface area (Å²) in [4.78, 5) is 23.9. The fourth-order valence-corrected chi connectivity index (χ4v) is 3.13. The van der Waals surface area contributed by atoms with Crippen LogP contribution in [0.15, 0.2) is 18.2 Å². The van der Waals surface area contributed by atoms with Crippen molar-refractivity contribution in [2.24, 2.45) is 5.92 Å². The average Bonchev–Trinajstić information content (AvgIpc) is 2.52. The van der Waals surface area contributed by atoms with Crippen molar-refractivity contribution >= 4 is 35.0 Å². The summed E-state index contributed by atoms with van der Waals surface area (Å²) < 4.78 is 0. The molecule has 0 heterocycles. The lowest BCUT2D eigenvalue weighted by atomic mass is 9.89. The van der Waals surface area contributed by atoms with E-state index in [9.17, 15) is 9.59 Å². The van der Waals surface area contributed by atoms with Crippen molar-refractivity contribution in [2.75, 3.05) is 13.1 Å². The second-order valence-corrected chi connectivity index (χ2v) is 6.35. The summed E-state index contributed by atoms with van der Waals surface area (Å²) in [7, 11) is 0. The van der Waals surface area contributed by atoms with E-state index in [-0.39, 0.29) is 17.7 Å². The molecule has 0 radical (unpaired) electrons. The number of hydrogen-bond donors (Lipinski definition) is 2. The lowest BCUT2D eigenvalue weighted by Gasteiger charge is -2.20. The van der Waals surface area contributed by atoms with Crippen LogP contribution in [0.5, 0.6) is 0 Å². The topological polar surface area (TPSA) is 58.2 Å². The second-order valence-electron chi connectivity index (χ2n) is 5.51. The summed E-state index contributed by atoms with van der Waals surface area (Å²) in [5, 5.41) is 6.41. The van der Waals surface area contributed by atoms with E-state index in [1.807, 2.05) is 0 Å². The van der Waals surface area contributed by atoms with Crippen LogP contribution in [0.25, 0.3) is 0 Å². The molecular weight excluding hydrogens is 323 g/mol. The maximum Gasteiger partial charge on any atom is 0.252 e. The van der Waals surface area contributed by atoms with E-state index in [2.05, 4.69) is 10.6 Å². The van der Waals surface area contributed by atoms with E-state index in [0.29, 0.717) is 28.7 Å². The molecule has 1 aromatic carbocycles. The van der Waals surface area contributed by atoms with E-state index in [4.69, 9.17) is 23.2 Å². The van der Waals surface area contributed by atoms with Crippen molar-refractivity contribution in [1.82, 2.24) is 10.6 Å². The van der Waals surface area contributed by atoms with E-state index >= 15 is 0 Å². The minimum Gasteiger partial charge on any atom is -0.354 e. The zero-order valence-corrected chi connectivity index (χ0v) is 13.8. The molecule has 1 fully saturated rings. The standard InChI is InChI=1S/C16H20Cl2N2O2/c17-12-6-7-13(14(18)10-12)16(22)20-9-8-19-15(21)11-4-2-1-3-5-11/h6-7,10-11H,1-5,8-9H2,(H,19,21)(H,20,22). The molecule has 2 N–H and O–H groups in total. The van der Waals surface area contributed by atoms with Crippen LogP contribution < -0.4 is 10.6 Å². The summed E-state index contributed by atoms with van der Waals surface area (Å²) in [5.41, 5.74) is 0.379. The SMILES string of the molecule is O=C(NCCNC(=O)C1CCCCC1)c1ccc(Cl)cc1Cl. The molecule has 1 saturated carbocycles. The average molecular weight is 343 g/mol. The van der Waals surface area contributed by atoms with Gasteiger partial charge in [-0.1, -0.05) is 42.5 Å². The van der Waals surface area contributed by atoms with Crippen molar-refractivity contribution in [2.45, 2.75) is 32.1 Å². The van der Waals surface area contributed by atoms with Gasteiger partial charge < -0.3 is 10.6 Å². The number of hydrogen-bond acceptors (Lipinski definition) is 2. The second kappa shape index (κ2) is 8.39. The summed E-state index contributed by atoms with van der Waals surface area (Å²) in [6.45, 7) is 0.794. The van der Waals surface area contributed by atoms with E-state index in [1.165, 1.54) is 12.5 Å². The number of rotatable bonds is 5. The highest BCUT2D eigenvalue weighted by molar-refractivity contribution is 6.36. The van der Waals surface area contributed by atoms with E-state index in [0.717, 1.165) is 25.7 Å². The van der Waals surface area contributed by atoms with Gasteiger partial charge in [0.25, 0.3) is 5.91 Å². The predicted molar refractivity (Wildman–Crippen MR) is 88.4 cm³/mol. The first-order valence-corrected chi connectivity index (χ1v) is 8.34. The molecule has 4 nitrogen and oxygen atoms in total. The fourth-order valence-electron chi connectivity index (χ4n) is 2.64. The van der Waals surface area contributed by atoms with Gasteiger partial charge in [0.2, 0.25) is 5.91 Å². The van der Waals surface area contributed by atoms with Crippen LogP contribution in [0, 0.1) is 5.92 Å². The number of carbonyl (C=O) groups is 2. The molecule has 0 aliphatic heterocycles. The van der Waals surface area contributed by atoms with Crippen LogP contribution in [0.2, 0.25) is 10.0 Å². The summed E-state index contributed by atoms with van der Waals surface area (Å²) in [6, 6.07) is 4.73. The highest BCUT2D eigenvalue weighted by Gasteiger charge is 2.20. The van der Waals surface area contributed by atoms with Gasteiger partial charge in [-0.3, -0.25) is 9.59 Å². The minimum atomic E-state index is -0.270. The number of benzene rings is 1. The Morgan fingerprint density at radius 2 is 1.73 bits per heavy atom. The highest BCUT2D eigenvalue weighted by atomic mass is 35.5. The quantitative estimate of drug-likeness (QED) is 0.805. The Bertz CT molecular complexity index is 543. The van der Waals surface area contributed by atoms with Crippen LogP contribution >= 0.6 is 23.2 Å². The summed E-state index contributed by atoms with van der Waals surface area (Å²) in [5.74, 6) is -0.0396. The normalized spacial score (nSPS) is 15.4. The molecule has 0 bridgehead atoms. The molecule has 0 spiro atoms. The molecule has 2 amide bonds. The van der Waals surface area contributed by atoms with Crippen molar-refractivity contribution in [3.63, 3.8) is 0 Å². The third-order valence-electron chi connectivity index (χ3n) is 3.86. The Hall–Kier alpha value is -1.26. The predicted octanol–water partition coefficient (Wildman–Crippen LogP) is 3.42. The summed E-state index contributed by atoms with van der Waals surface area (Å²) >= 11 is 11.8. The molecule has 2 rings (SSSR count). The lowest BCUT2D eigenvalue weighted by molar-refractivity contribution is -0.125. The molecule has 0 aromatic heterocycles. The first-order valence-electron chi connectivity index (χ1n) is 7.59. The lowest BCUT2D eigenvalue weighted by Crippen LogP contribution is -2.38. The number of halogens is 2. The van der Waals surface area contributed by atoms with Gasteiger partial charge >= 0.3 is 0 Å². The van der Waals surface area contributed by atoms with Crippen molar-refractivity contribution in [1.29, 1.82) is 0 Å². The molecular formula is C16H20Cl2N2O2. The number of amides is 2. The summed E-state index contributed by atoms with van der Waals surface area (Å²) in [6.07, 6.45) is 5.42. The Labute approximate surface area is 140 Å². The largest absolute Gasteiger partial charge is 0.354 e. The van der Waals surface area contributed by atoms with Crippen LogP contribution in [0.3, 0.4) is 0 Å². The molecule has 120 valence electrons. The van der Waals surface area contributed by atoms with E-state index < -0.39 is 0 Å². The smallest absolute Gasteiger partial charge is 0.252 e. The van der Waals surface area contributed by atoms with Gasteiger partial charge in [-0.05, 0) is 31.0 Å². The van der Waals surface area contributed by atoms with Gasteiger partial charge in [-0.15, -0.1) is 0 Å². The van der Waals surface area contributed by atoms with Gasteiger partial charge in [-0.25, -0.2) is 0 Å². The third kappa shape index (κ3) is 4.89. The molecule has 1 aromatic rings. The molecule has 22 heavy (non-hydrogen) atoms. The van der Waals surface area contributed by atoms with Crippen LogP contribution in [-0.2, 0) is 4.79 Å². The number of carbonyl (C=O) groups excluding carboxylic acids is 2. The van der Waals surface area contributed by atoms with Crippen LogP contribution in [-0.4, -0.2) is 24.9 Å². The van der Waals surface area contributed by atoms with Gasteiger partial charge in [0.05, 0.1) is 10.6 Å². The molecule has 0 unspecified atom stereocenters. The van der Waals surface area contributed by atoms with Crippen molar-refractivity contribution in [3.05, 3.63) is 33.8 Å². The Morgan fingerprint density at radius 3 is 2.41 bits per heavy atom. The van der Waals surface area contributed by atoms with E-state index in [1.54, 1.807) is 12.1 Å². The Balaban J connectivity index is 1.71. The molecule has 6 heteroatoms. The molecule has 1 aliphatic rings. The zero-order valence-electron chi connectivity index (χ0n) is 12.3. The third-order valence-corrected chi connectivity index (χ3v) is 4.41. The maximum atomic E-state index is 12.0. The zero-order chi connectivity index (χ0) is 15.9. The Morgan fingerprint density at radius 1 is 1.05 bits per heavy atom. The molecule has 0 atom stereocenters. The van der Waals surface area contributed by atoms with Crippen LogP contribution in [0.4, 0.5) is 0 Å². The fraction of sp³-hybridized carbons (Fsp3) is 0.500. The van der Waals surface area contributed by atoms with Gasteiger partial charge in [0.15, 0.2) is 0 Å². The van der Waals surface area contributed by atoms with Gasteiger partial charge in [-0.2, -0.15) is 0 Å². The van der Waals surface area contributed by atoms with Crippen LogP contribution in [0.1, 0.15) is 42.5 Å². The van der Waals surface area contributed by atoms with Gasteiger partial charge in [0.1, 0.15) is 0 Å². The first kappa shape index (κ1) is 17.1.